The Labute approximate surface area is 176 Å². The van der Waals surface area contributed by atoms with E-state index in [0.717, 1.165) is 5.56 Å². The van der Waals surface area contributed by atoms with Crippen molar-refractivity contribution in [1.82, 2.24) is 5.32 Å². The molecule has 9 heteroatoms. The second-order valence-electron chi connectivity index (χ2n) is 6.23. The van der Waals surface area contributed by atoms with Gasteiger partial charge in [0, 0.05) is 6.54 Å². The van der Waals surface area contributed by atoms with Crippen molar-refractivity contribution in [3.63, 3.8) is 0 Å². The highest BCUT2D eigenvalue weighted by molar-refractivity contribution is 7.54. The van der Waals surface area contributed by atoms with Crippen molar-refractivity contribution in [1.29, 1.82) is 0 Å². The van der Waals surface area contributed by atoms with E-state index in [4.69, 9.17) is 18.5 Å². The summed E-state index contributed by atoms with van der Waals surface area (Å²) < 4.78 is 34.2. The highest BCUT2D eigenvalue weighted by Crippen LogP contribution is 2.49. The van der Waals surface area contributed by atoms with Crippen molar-refractivity contribution < 1.29 is 32.7 Å². The molecule has 0 radical (unpaired) electrons. The second-order valence-corrected chi connectivity index (χ2v) is 8.29. The van der Waals surface area contributed by atoms with Crippen LogP contribution in [0.25, 0.3) is 0 Å². The van der Waals surface area contributed by atoms with Crippen LogP contribution in [0.3, 0.4) is 0 Å². The summed E-state index contributed by atoms with van der Waals surface area (Å²) in [4.78, 5) is 23.8. The predicted molar refractivity (Wildman–Crippen MR) is 111 cm³/mol. The normalized spacial score (nSPS) is 13.5. The molecular formula is C21H26NO7P. The molecule has 0 aliphatic heterocycles. The summed E-state index contributed by atoms with van der Waals surface area (Å²) in [7, 11) is -3.78. The Balaban J connectivity index is 1.92. The topological polar surface area (TPSA) is 100 Å². The van der Waals surface area contributed by atoms with Gasteiger partial charge in [-0.25, -0.2) is 14.2 Å². The summed E-state index contributed by atoms with van der Waals surface area (Å²) in [6.07, 6.45) is -1.92. The van der Waals surface area contributed by atoms with Crippen LogP contribution in [0.4, 0.5) is 4.79 Å². The van der Waals surface area contributed by atoms with Gasteiger partial charge in [-0.3, -0.25) is 4.52 Å². The van der Waals surface area contributed by atoms with E-state index < -0.39 is 25.8 Å². The van der Waals surface area contributed by atoms with E-state index in [9.17, 15) is 14.2 Å². The van der Waals surface area contributed by atoms with Crippen molar-refractivity contribution in [2.45, 2.75) is 26.6 Å². The monoisotopic (exact) mass is 435 g/mol. The van der Waals surface area contributed by atoms with Crippen molar-refractivity contribution >= 4 is 19.7 Å². The first-order chi connectivity index (χ1) is 14.4. The lowest BCUT2D eigenvalue weighted by Gasteiger charge is -2.22. The molecule has 1 N–H and O–H groups in total. The van der Waals surface area contributed by atoms with E-state index >= 15 is 0 Å². The van der Waals surface area contributed by atoms with Crippen LogP contribution in [-0.4, -0.2) is 37.5 Å². The molecule has 1 unspecified atom stereocenters. The summed E-state index contributed by atoms with van der Waals surface area (Å²) in [6, 6.07) is 17.7. The minimum Gasteiger partial charge on any atom is -0.464 e. The standard InChI is InChI=1S/C21H26NO7P/c1-3-26-20(23)17(2)28-30(25,29-19-12-8-5-9-13-19)15-14-22-21(24)27-16-18-10-6-4-7-11-18/h4-13,17H,3,14-16H2,1-2H3,(H,22,24)/t17-,30?/m0/s1. The van der Waals surface area contributed by atoms with Gasteiger partial charge in [-0.15, -0.1) is 0 Å². The molecule has 30 heavy (non-hydrogen) atoms. The molecule has 2 aromatic rings. The van der Waals surface area contributed by atoms with Crippen LogP contribution >= 0.6 is 7.60 Å². The highest BCUT2D eigenvalue weighted by Gasteiger charge is 2.32. The third-order valence-electron chi connectivity index (χ3n) is 3.79. The number of hydrogen-bond donors (Lipinski definition) is 1. The van der Waals surface area contributed by atoms with Crippen LogP contribution in [0, 0.1) is 0 Å². The molecule has 0 saturated heterocycles. The van der Waals surface area contributed by atoms with E-state index in [0.29, 0.717) is 5.75 Å². The Morgan fingerprint density at radius 1 is 1.00 bits per heavy atom. The molecule has 0 aliphatic carbocycles. The fourth-order valence-corrected chi connectivity index (χ4v) is 4.01. The zero-order valence-corrected chi connectivity index (χ0v) is 17.9. The quantitative estimate of drug-likeness (QED) is 0.418. The minimum absolute atomic E-state index is 0.0344. The largest absolute Gasteiger partial charge is 0.464 e. The van der Waals surface area contributed by atoms with Crippen LogP contribution in [0.5, 0.6) is 5.75 Å². The molecule has 0 saturated carbocycles. The average molecular weight is 435 g/mol. The van der Waals surface area contributed by atoms with E-state index in [1.54, 1.807) is 37.3 Å². The van der Waals surface area contributed by atoms with Crippen LogP contribution in [0.2, 0.25) is 0 Å². The van der Waals surface area contributed by atoms with Crippen LogP contribution in [-0.2, 0) is 30.0 Å². The van der Waals surface area contributed by atoms with Crippen LogP contribution in [0.1, 0.15) is 19.4 Å². The number of carbonyl (C=O) groups excluding carboxylic acids is 2. The van der Waals surface area contributed by atoms with Crippen molar-refractivity contribution in [2.75, 3.05) is 19.3 Å². The Bertz CT molecular complexity index is 845. The van der Waals surface area contributed by atoms with E-state index in [1.807, 2.05) is 30.3 Å². The zero-order chi connectivity index (χ0) is 21.8. The molecule has 162 valence electrons. The number of nitrogens with one attached hydrogen (secondary N) is 1. The van der Waals surface area contributed by atoms with Gasteiger partial charge < -0.3 is 19.3 Å². The molecule has 2 atom stereocenters. The van der Waals surface area contributed by atoms with Gasteiger partial charge in [0.15, 0.2) is 6.10 Å². The van der Waals surface area contributed by atoms with Crippen molar-refractivity contribution in [2.24, 2.45) is 0 Å². The van der Waals surface area contributed by atoms with Crippen LogP contribution < -0.4 is 9.84 Å². The van der Waals surface area contributed by atoms with Gasteiger partial charge in [-0.1, -0.05) is 48.5 Å². The average Bonchev–Trinajstić information content (AvgIpc) is 2.73. The van der Waals surface area contributed by atoms with Gasteiger partial charge >= 0.3 is 19.7 Å². The summed E-state index contributed by atoms with van der Waals surface area (Å²) in [5.41, 5.74) is 0.845. The summed E-state index contributed by atoms with van der Waals surface area (Å²) in [5.74, 6) is -0.326. The van der Waals surface area contributed by atoms with Gasteiger partial charge in [-0.05, 0) is 31.5 Å². The highest BCUT2D eigenvalue weighted by atomic mass is 31.2. The number of ether oxygens (including phenoxy) is 2. The Morgan fingerprint density at radius 3 is 2.27 bits per heavy atom. The summed E-state index contributed by atoms with van der Waals surface area (Å²) >= 11 is 0. The zero-order valence-electron chi connectivity index (χ0n) is 17.0. The number of esters is 1. The molecule has 1 amide bonds. The summed E-state index contributed by atoms with van der Waals surface area (Å²) in [6.45, 7) is 3.34. The maximum Gasteiger partial charge on any atom is 0.407 e. The predicted octanol–water partition coefficient (Wildman–Crippen LogP) is 4.15. The first-order valence-electron chi connectivity index (χ1n) is 9.55. The number of carbonyl (C=O) groups is 2. The third kappa shape index (κ3) is 8.27. The first kappa shape index (κ1) is 23.4. The van der Waals surface area contributed by atoms with Gasteiger partial charge in [0.1, 0.15) is 12.4 Å². The fourth-order valence-electron chi connectivity index (χ4n) is 2.37. The lowest BCUT2D eigenvalue weighted by atomic mass is 10.2. The molecule has 2 rings (SSSR count). The fraction of sp³-hybridized carbons (Fsp3) is 0.333. The van der Waals surface area contributed by atoms with Crippen LogP contribution in [0.15, 0.2) is 60.7 Å². The van der Waals surface area contributed by atoms with Gasteiger partial charge in [0.05, 0.1) is 12.8 Å². The molecule has 8 nitrogen and oxygen atoms in total. The molecule has 0 heterocycles. The van der Waals surface area contributed by atoms with E-state index in [1.165, 1.54) is 6.92 Å². The number of alkyl carbamates (subject to hydrolysis) is 1. The van der Waals surface area contributed by atoms with Crippen molar-refractivity contribution in [3.8, 4) is 5.75 Å². The Morgan fingerprint density at radius 2 is 1.63 bits per heavy atom. The maximum atomic E-state index is 13.2. The molecule has 0 spiro atoms. The van der Waals surface area contributed by atoms with E-state index in [2.05, 4.69) is 5.32 Å². The second kappa shape index (κ2) is 12.0. The Kier molecular flexibility index (Phi) is 9.38. The molecule has 0 bridgehead atoms. The first-order valence-corrected chi connectivity index (χ1v) is 11.3. The van der Waals surface area contributed by atoms with Gasteiger partial charge in [-0.2, -0.15) is 0 Å². The number of benzene rings is 2. The molecular weight excluding hydrogens is 409 g/mol. The summed E-state index contributed by atoms with van der Waals surface area (Å²) in [5, 5.41) is 2.51. The smallest absolute Gasteiger partial charge is 0.407 e. The number of para-hydroxylation sites is 1. The third-order valence-corrected chi connectivity index (χ3v) is 5.69. The number of amides is 1. The lowest BCUT2D eigenvalue weighted by molar-refractivity contribution is -0.150. The molecule has 2 aromatic carbocycles. The number of rotatable bonds is 11. The maximum absolute atomic E-state index is 13.2. The van der Waals surface area contributed by atoms with Gasteiger partial charge in [0.2, 0.25) is 0 Å². The minimum atomic E-state index is -3.78. The molecule has 0 fully saturated rings. The SMILES string of the molecule is CCOC(=O)[C@H](C)OP(=O)(CCNC(=O)OCc1ccccc1)Oc1ccccc1. The number of hydrogen-bond acceptors (Lipinski definition) is 7. The van der Waals surface area contributed by atoms with E-state index in [-0.39, 0.29) is 25.9 Å². The molecule has 0 aliphatic rings. The lowest BCUT2D eigenvalue weighted by Crippen LogP contribution is -2.29. The van der Waals surface area contributed by atoms with Gasteiger partial charge in [0.25, 0.3) is 0 Å². The Hall–Kier alpha value is -2.83. The molecule has 0 aromatic heterocycles. The van der Waals surface area contributed by atoms with Crippen molar-refractivity contribution in [3.05, 3.63) is 66.2 Å².